The molecule has 0 fully saturated rings. The zero-order valence-corrected chi connectivity index (χ0v) is 20.7. The highest BCUT2D eigenvalue weighted by Crippen LogP contribution is 2.39. The van der Waals surface area contributed by atoms with Crippen molar-refractivity contribution in [2.24, 2.45) is 0 Å². The number of phenolic OH excluding ortho intramolecular Hbond substituents is 1. The number of halogens is 5. The molecule has 1 N–H and O–H groups in total. The quantitative estimate of drug-likeness (QED) is 0.243. The molecule has 8 heteroatoms. The van der Waals surface area contributed by atoms with E-state index in [1.807, 2.05) is 42.5 Å². The van der Waals surface area contributed by atoms with Gasteiger partial charge < -0.3 is 9.84 Å². The molecule has 1 atom stereocenters. The van der Waals surface area contributed by atoms with Gasteiger partial charge in [-0.2, -0.15) is 13.2 Å². The van der Waals surface area contributed by atoms with E-state index in [0.29, 0.717) is 30.0 Å². The molecule has 2 nitrogen and oxygen atoms in total. The van der Waals surface area contributed by atoms with E-state index in [-0.39, 0.29) is 16.9 Å². The molecule has 0 radical (unpaired) electrons. The Bertz CT molecular complexity index is 1270. The van der Waals surface area contributed by atoms with Crippen LogP contribution in [0.15, 0.2) is 78.9 Å². The fourth-order valence-corrected chi connectivity index (χ4v) is 5.18. The summed E-state index contributed by atoms with van der Waals surface area (Å²) >= 11 is 13.9. The summed E-state index contributed by atoms with van der Waals surface area (Å²) in [5.74, 6) is -0.0725. The lowest BCUT2D eigenvalue weighted by Crippen LogP contribution is -2.05. The lowest BCUT2D eigenvalue weighted by molar-refractivity contribution is -0.137. The topological polar surface area (TPSA) is 29.5 Å². The number of benzene rings is 3. The highest BCUT2D eigenvalue weighted by Gasteiger charge is 2.30. The van der Waals surface area contributed by atoms with Gasteiger partial charge in [0.25, 0.3) is 0 Å². The van der Waals surface area contributed by atoms with Gasteiger partial charge in [0.2, 0.25) is 0 Å². The molecule has 4 rings (SSSR count). The Morgan fingerprint density at radius 1 is 0.857 bits per heavy atom. The van der Waals surface area contributed by atoms with E-state index in [9.17, 15) is 18.3 Å². The maximum absolute atomic E-state index is 12.9. The predicted octanol–water partition coefficient (Wildman–Crippen LogP) is 9.34. The van der Waals surface area contributed by atoms with Crippen molar-refractivity contribution in [1.29, 1.82) is 0 Å². The minimum Gasteiger partial charge on any atom is -0.506 e. The van der Waals surface area contributed by atoms with Crippen LogP contribution in [0.4, 0.5) is 13.2 Å². The third-order valence-electron chi connectivity index (χ3n) is 5.55. The van der Waals surface area contributed by atoms with E-state index in [4.69, 9.17) is 27.9 Å². The summed E-state index contributed by atoms with van der Waals surface area (Å²) in [5, 5.41) is 10.2. The van der Waals surface area contributed by atoms with Gasteiger partial charge in [-0.3, -0.25) is 0 Å². The second-order valence-corrected chi connectivity index (χ2v) is 9.84. The van der Waals surface area contributed by atoms with Crippen LogP contribution in [-0.2, 0) is 23.9 Å². The van der Waals surface area contributed by atoms with E-state index < -0.39 is 11.7 Å². The van der Waals surface area contributed by atoms with Gasteiger partial charge in [0.1, 0.15) is 10.8 Å². The van der Waals surface area contributed by atoms with E-state index in [2.05, 4.69) is 0 Å². The van der Waals surface area contributed by atoms with Crippen molar-refractivity contribution in [2.45, 2.75) is 31.7 Å². The monoisotopic (exact) mass is 536 g/mol. The van der Waals surface area contributed by atoms with Gasteiger partial charge in [0.05, 0.1) is 23.3 Å². The molecular formula is C27H21Cl2F3O2S. The summed E-state index contributed by atoms with van der Waals surface area (Å²) < 4.78 is 45.0. The van der Waals surface area contributed by atoms with Crippen LogP contribution in [0.25, 0.3) is 10.4 Å². The maximum atomic E-state index is 12.9. The Labute approximate surface area is 215 Å². The van der Waals surface area contributed by atoms with Crippen molar-refractivity contribution in [3.8, 4) is 16.2 Å². The second kappa shape index (κ2) is 11.0. The van der Waals surface area contributed by atoms with Crippen LogP contribution in [0.5, 0.6) is 5.75 Å². The fraction of sp³-hybridized carbons (Fsp3) is 0.185. The van der Waals surface area contributed by atoms with Crippen LogP contribution in [0.1, 0.15) is 34.1 Å². The average Bonchev–Trinajstić information content (AvgIpc) is 3.34. The van der Waals surface area contributed by atoms with Crippen molar-refractivity contribution in [2.75, 3.05) is 0 Å². The normalized spacial score (nSPS) is 12.6. The first kappa shape index (κ1) is 25.6. The maximum Gasteiger partial charge on any atom is 0.416 e. The highest BCUT2D eigenvalue weighted by atomic mass is 35.5. The van der Waals surface area contributed by atoms with Gasteiger partial charge in [0, 0.05) is 9.75 Å². The van der Waals surface area contributed by atoms with Crippen molar-refractivity contribution >= 4 is 34.5 Å². The molecule has 35 heavy (non-hydrogen) atoms. The number of rotatable bonds is 8. The third-order valence-corrected chi connectivity index (χ3v) is 7.69. The Morgan fingerprint density at radius 2 is 1.57 bits per heavy atom. The Kier molecular flexibility index (Phi) is 8.07. The molecule has 0 aliphatic heterocycles. The van der Waals surface area contributed by atoms with Crippen molar-refractivity contribution < 1.29 is 23.0 Å². The lowest BCUT2D eigenvalue weighted by atomic mass is 10.0. The molecule has 0 aliphatic rings. The summed E-state index contributed by atoms with van der Waals surface area (Å²) in [6.07, 6.45) is -3.48. The lowest BCUT2D eigenvalue weighted by Gasteiger charge is -2.18. The molecule has 1 aromatic heterocycles. The van der Waals surface area contributed by atoms with Gasteiger partial charge in [0.15, 0.2) is 0 Å². The van der Waals surface area contributed by atoms with Crippen LogP contribution in [0, 0.1) is 0 Å². The van der Waals surface area contributed by atoms with E-state index in [1.165, 1.54) is 29.5 Å². The minimum absolute atomic E-state index is 0.0725. The van der Waals surface area contributed by atoms with Crippen LogP contribution >= 0.6 is 34.5 Å². The minimum atomic E-state index is -4.37. The number of thiophene rings is 1. The highest BCUT2D eigenvalue weighted by molar-refractivity contribution is 7.15. The second-order valence-electron chi connectivity index (χ2n) is 7.97. The Morgan fingerprint density at radius 3 is 2.26 bits per heavy atom. The molecule has 0 spiro atoms. The number of aryl methyl sites for hydroxylation is 1. The SMILES string of the molecule is Oc1ccc(CC[C@H](OCc2ccccc2)c2ccc(-c3ccc(C(F)(F)F)cc3)s2)c(Cl)c1Cl. The molecule has 4 aromatic rings. The number of hydrogen-bond acceptors (Lipinski definition) is 3. The summed E-state index contributed by atoms with van der Waals surface area (Å²) in [6.45, 7) is 0.406. The number of aromatic hydroxyl groups is 1. The van der Waals surface area contributed by atoms with Crippen LogP contribution < -0.4 is 0 Å². The van der Waals surface area contributed by atoms with Crippen molar-refractivity contribution in [3.63, 3.8) is 0 Å². The van der Waals surface area contributed by atoms with Gasteiger partial charge >= 0.3 is 6.18 Å². The summed E-state index contributed by atoms with van der Waals surface area (Å²) in [7, 11) is 0. The van der Waals surface area contributed by atoms with E-state index in [1.54, 1.807) is 6.07 Å². The van der Waals surface area contributed by atoms with Crippen LogP contribution in [-0.4, -0.2) is 5.11 Å². The molecule has 0 saturated heterocycles. The Balaban J connectivity index is 1.55. The molecule has 0 unspecified atom stereocenters. The van der Waals surface area contributed by atoms with Crippen LogP contribution in [0.3, 0.4) is 0 Å². The van der Waals surface area contributed by atoms with Gasteiger partial charge in [-0.25, -0.2) is 0 Å². The first-order valence-corrected chi connectivity index (χ1v) is 12.4. The van der Waals surface area contributed by atoms with Crippen LogP contribution in [0.2, 0.25) is 10.0 Å². The largest absolute Gasteiger partial charge is 0.506 e. The first-order valence-electron chi connectivity index (χ1n) is 10.8. The molecule has 0 saturated carbocycles. The molecule has 0 aliphatic carbocycles. The number of ether oxygens (including phenoxy) is 1. The summed E-state index contributed by atoms with van der Waals surface area (Å²) in [6, 6.07) is 22.0. The smallest absolute Gasteiger partial charge is 0.416 e. The third kappa shape index (κ3) is 6.39. The van der Waals surface area contributed by atoms with Crippen molar-refractivity contribution in [3.05, 3.63) is 110 Å². The molecule has 1 heterocycles. The van der Waals surface area contributed by atoms with Crippen molar-refractivity contribution in [1.82, 2.24) is 0 Å². The number of phenols is 1. The number of alkyl halides is 3. The summed E-state index contributed by atoms with van der Waals surface area (Å²) in [4.78, 5) is 1.81. The molecule has 182 valence electrons. The molecule has 0 amide bonds. The standard InChI is InChI=1S/C27H21Cl2F3O2S/c28-25-19(8-12-21(33)26(25)29)9-13-22(34-16-17-4-2-1-3-5-17)24-15-14-23(35-24)18-6-10-20(11-7-18)27(30,31)32/h1-8,10-12,14-15,22,33H,9,13,16H2/t22-/m0/s1. The molecule has 3 aromatic carbocycles. The zero-order chi connectivity index (χ0) is 25.0. The molecular weight excluding hydrogens is 516 g/mol. The van der Waals surface area contributed by atoms with Gasteiger partial charge in [-0.1, -0.05) is 71.7 Å². The van der Waals surface area contributed by atoms with E-state index >= 15 is 0 Å². The number of hydrogen-bond donors (Lipinski definition) is 1. The molecule has 0 bridgehead atoms. The van der Waals surface area contributed by atoms with E-state index in [0.717, 1.165) is 33.0 Å². The zero-order valence-electron chi connectivity index (χ0n) is 18.4. The van der Waals surface area contributed by atoms with Gasteiger partial charge in [-0.05, 0) is 59.9 Å². The van der Waals surface area contributed by atoms with Gasteiger partial charge in [-0.15, -0.1) is 11.3 Å². The summed E-state index contributed by atoms with van der Waals surface area (Å²) in [5.41, 5.74) is 1.86. The first-order chi connectivity index (χ1) is 16.7. The predicted molar refractivity (Wildman–Crippen MR) is 135 cm³/mol. The average molecular weight is 537 g/mol. The fourth-order valence-electron chi connectivity index (χ4n) is 3.64. The Hall–Kier alpha value is -2.51.